The predicted molar refractivity (Wildman–Crippen MR) is 77.2 cm³/mol. The Morgan fingerprint density at radius 2 is 1.89 bits per heavy atom. The van der Waals surface area contributed by atoms with E-state index in [1.807, 2.05) is 12.4 Å². The van der Waals surface area contributed by atoms with Gasteiger partial charge in [-0.3, -0.25) is 0 Å². The highest BCUT2D eigenvalue weighted by molar-refractivity contribution is 5.66. The monoisotopic (exact) mass is 254 g/mol. The van der Waals surface area contributed by atoms with Crippen molar-refractivity contribution in [2.45, 2.75) is 19.9 Å². The summed E-state index contributed by atoms with van der Waals surface area (Å²) in [6, 6.07) is 6.90. The Morgan fingerprint density at radius 3 is 2.47 bits per heavy atom. The van der Waals surface area contributed by atoms with Crippen LogP contribution in [0.5, 0.6) is 0 Å². The summed E-state index contributed by atoms with van der Waals surface area (Å²) in [5.74, 6) is 0.708. The van der Waals surface area contributed by atoms with E-state index in [0.717, 1.165) is 18.7 Å². The maximum absolute atomic E-state index is 4.39. The molecular formula is C15H18N4. The quantitative estimate of drug-likeness (QED) is 0.881. The highest BCUT2D eigenvalue weighted by Crippen LogP contribution is 2.23. The van der Waals surface area contributed by atoms with E-state index < -0.39 is 0 Å². The topological polar surface area (TPSA) is 49.8 Å². The summed E-state index contributed by atoms with van der Waals surface area (Å²) in [4.78, 5) is 8.78. The smallest absolute Gasteiger partial charge is 0.222 e. The standard InChI is InChI=1S/C15H18N4/c1-10-3-4-14(11(2)5-10)12-6-17-15(18-7-12)19-13-8-16-9-13/h3-7,13,16H,8-9H2,1-2H3,(H,17,18,19). The van der Waals surface area contributed by atoms with Crippen molar-refractivity contribution in [3.8, 4) is 11.1 Å². The molecule has 2 heterocycles. The van der Waals surface area contributed by atoms with Gasteiger partial charge in [0.25, 0.3) is 0 Å². The molecule has 98 valence electrons. The van der Waals surface area contributed by atoms with Crippen LogP contribution in [-0.2, 0) is 0 Å². The van der Waals surface area contributed by atoms with Crippen molar-refractivity contribution in [1.29, 1.82) is 0 Å². The minimum absolute atomic E-state index is 0.465. The van der Waals surface area contributed by atoms with Crippen LogP contribution in [0.2, 0.25) is 0 Å². The van der Waals surface area contributed by atoms with Crippen molar-refractivity contribution in [3.63, 3.8) is 0 Å². The summed E-state index contributed by atoms with van der Waals surface area (Å²) >= 11 is 0. The van der Waals surface area contributed by atoms with E-state index >= 15 is 0 Å². The molecule has 1 aromatic heterocycles. The van der Waals surface area contributed by atoms with Crippen LogP contribution < -0.4 is 10.6 Å². The lowest BCUT2D eigenvalue weighted by Crippen LogP contribution is -2.51. The van der Waals surface area contributed by atoms with Gasteiger partial charge in [-0.2, -0.15) is 0 Å². The lowest BCUT2D eigenvalue weighted by atomic mass is 10.0. The Hall–Kier alpha value is -1.94. The zero-order chi connectivity index (χ0) is 13.2. The number of rotatable bonds is 3. The minimum atomic E-state index is 0.465. The molecule has 0 unspecified atom stereocenters. The number of benzene rings is 1. The van der Waals surface area contributed by atoms with Gasteiger partial charge in [0.1, 0.15) is 0 Å². The summed E-state index contributed by atoms with van der Waals surface area (Å²) in [5.41, 5.74) is 4.79. The molecule has 19 heavy (non-hydrogen) atoms. The first-order chi connectivity index (χ1) is 9.22. The SMILES string of the molecule is Cc1ccc(-c2cnc(NC3CNC3)nc2)c(C)c1. The van der Waals surface area contributed by atoms with Crippen molar-refractivity contribution in [2.75, 3.05) is 18.4 Å². The molecule has 1 aromatic carbocycles. The number of hydrogen-bond acceptors (Lipinski definition) is 4. The second-order valence-electron chi connectivity index (χ2n) is 5.11. The minimum Gasteiger partial charge on any atom is -0.349 e. The van der Waals surface area contributed by atoms with E-state index in [9.17, 15) is 0 Å². The molecule has 3 rings (SSSR count). The molecule has 4 nitrogen and oxygen atoms in total. The highest BCUT2D eigenvalue weighted by atomic mass is 15.2. The third kappa shape index (κ3) is 2.58. The average Bonchev–Trinajstić information content (AvgIpc) is 2.35. The molecule has 4 heteroatoms. The van der Waals surface area contributed by atoms with Crippen LogP contribution >= 0.6 is 0 Å². The fraction of sp³-hybridized carbons (Fsp3) is 0.333. The van der Waals surface area contributed by atoms with Gasteiger partial charge in [-0.15, -0.1) is 0 Å². The van der Waals surface area contributed by atoms with E-state index in [4.69, 9.17) is 0 Å². The van der Waals surface area contributed by atoms with E-state index in [-0.39, 0.29) is 0 Å². The zero-order valence-electron chi connectivity index (χ0n) is 11.3. The average molecular weight is 254 g/mol. The lowest BCUT2D eigenvalue weighted by Gasteiger charge is -2.27. The molecule has 0 bridgehead atoms. The van der Waals surface area contributed by atoms with Crippen LogP contribution in [0.4, 0.5) is 5.95 Å². The zero-order valence-corrected chi connectivity index (χ0v) is 11.3. The van der Waals surface area contributed by atoms with Crippen LogP contribution in [0.1, 0.15) is 11.1 Å². The molecular weight excluding hydrogens is 236 g/mol. The first-order valence-electron chi connectivity index (χ1n) is 6.59. The highest BCUT2D eigenvalue weighted by Gasteiger charge is 2.16. The van der Waals surface area contributed by atoms with Gasteiger partial charge in [0.15, 0.2) is 0 Å². The maximum Gasteiger partial charge on any atom is 0.222 e. The number of hydrogen-bond donors (Lipinski definition) is 2. The predicted octanol–water partition coefficient (Wildman–Crippen LogP) is 2.14. The normalized spacial score (nSPS) is 15.1. The molecule has 1 saturated heterocycles. The maximum atomic E-state index is 4.39. The first kappa shape index (κ1) is 12.1. The number of aromatic nitrogens is 2. The van der Waals surface area contributed by atoms with Crippen LogP contribution in [0.15, 0.2) is 30.6 Å². The van der Waals surface area contributed by atoms with Crippen LogP contribution in [0.3, 0.4) is 0 Å². The van der Waals surface area contributed by atoms with Gasteiger partial charge in [0.2, 0.25) is 5.95 Å². The van der Waals surface area contributed by atoms with Crippen molar-refractivity contribution in [2.24, 2.45) is 0 Å². The Labute approximate surface area is 113 Å². The van der Waals surface area contributed by atoms with Gasteiger partial charge in [-0.1, -0.05) is 23.8 Å². The largest absolute Gasteiger partial charge is 0.349 e. The first-order valence-corrected chi connectivity index (χ1v) is 6.59. The van der Waals surface area contributed by atoms with E-state index in [1.54, 1.807) is 0 Å². The molecule has 0 spiro atoms. The molecule has 0 aliphatic carbocycles. The van der Waals surface area contributed by atoms with Gasteiger partial charge in [0.05, 0.1) is 6.04 Å². The lowest BCUT2D eigenvalue weighted by molar-refractivity contribution is 0.470. The molecule has 1 fully saturated rings. The fourth-order valence-corrected chi connectivity index (χ4v) is 2.25. The van der Waals surface area contributed by atoms with E-state index in [2.05, 4.69) is 52.6 Å². The molecule has 0 atom stereocenters. The molecule has 2 N–H and O–H groups in total. The Bertz CT molecular complexity index is 573. The third-order valence-corrected chi connectivity index (χ3v) is 3.46. The van der Waals surface area contributed by atoms with E-state index in [0.29, 0.717) is 12.0 Å². The summed E-state index contributed by atoms with van der Waals surface area (Å²) in [6.45, 7) is 6.20. The summed E-state index contributed by atoms with van der Waals surface area (Å²) in [7, 11) is 0. The second-order valence-corrected chi connectivity index (χ2v) is 5.11. The number of aryl methyl sites for hydroxylation is 2. The number of nitrogens with zero attached hydrogens (tertiary/aromatic N) is 2. The molecule has 0 amide bonds. The second kappa shape index (κ2) is 4.97. The summed E-state index contributed by atoms with van der Waals surface area (Å²) in [6.07, 6.45) is 3.78. The number of nitrogens with one attached hydrogen (secondary N) is 2. The molecule has 0 radical (unpaired) electrons. The van der Waals surface area contributed by atoms with Gasteiger partial charge in [-0.25, -0.2) is 9.97 Å². The third-order valence-electron chi connectivity index (χ3n) is 3.46. The van der Waals surface area contributed by atoms with Crippen molar-refractivity contribution < 1.29 is 0 Å². The molecule has 1 aliphatic rings. The number of anilines is 1. The fourth-order valence-electron chi connectivity index (χ4n) is 2.25. The van der Waals surface area contributed by atoms with Crippen LogP contribution in [0, 0.1) is 13.8 Å². The molecule has 0 saturated carbocycles. The summed E-state index contributed by atoms with van der Waals surface area (Å²) in [5, 5.41) is 6.51. The molecule has 1 aliphatic heterocycles. The van der Waals surface area contributed by atoms with Crippen molar-refractivity contribution in [3.05, 3.63) is 41.7 Å². The molecule has 2 aromatic rings. The van der Waals surface area contributed by atoms with Crippen LogP contribution in [-0.4, -0.2) is 29.1 Å². The van der Waals surface area contributed by atoms with E-state index in [1.165, 1.54) is 16.7 Å². The van der Waals surface area contributed by atoms with Gasteiger partial charge in [0, 0.05) is 31.0 Å². The Balaban J connectivity index is 1.81. The van der Waals surface area contributed by atoms with Gasteiger partial charge in [-0.05, 0) is 25.0 Å². The Kier molecular flexibility index (Phi) is 3.17. The Morgan fingerprint density at radius 1 is 1.16 bits per heavy atom. The summed E-state index contributed by atoms with van der Waals surface area (Å²) < 4.78 is 0. The van der Waals surface area contributed by atoms with Gasteiger partial charge < -0.3 is 10.6 Å². The van der Waals surface area contributed by atoms with Gasteiger partial charge >= 0.3 is 0 Å². The van der Waals surface area contributed by atoms with Crippen molar-refractivity contribution >= 4 is 5.95 Å². The van der Waals surface area contributed by atoms with Crippen molar-refractivity contribution in [1.82, 2.24) is 15.3 Å². The van der Waals surface area contributed by atoms with Crippen LogP contribution in [0.25, 0.3) is 11.1 Å².